The molecule has 4 nitrogen and oxygen atoms in total. The van der Waals surface area contributed by atoms with E-state index in [1.165, 1.54) is 0 Å². The predicted molar refractivity (Wildman–Crippen MR) is 83.0 cm³/mol. The number of nitrogens with two attached hydrogens (primary N) is 1. The summed E-state index contributed by atoms with van der Waals surface area (Å²) >= 11 is 18.2. The Balaban J connectivity index is 2.38. The molecule has 0 fully saturated rings. The molecule has 2 aromatic heterocycles. The fourth-order valence-electron chi connectivity index (χ4n) is 2.03. The first kappa shape index (κ1) is 13.5. The third-order valence-electron chi connectivity index (χ3n) is 3.00. The van der Waals surface area contributed by atoms with Gasteiger partial charge in [0.1, 0.15) is 5.52 Å². The number of halogens is 3. The Kier molecular flexibility index (Phi) is 3.24. The molecule has 0 aliphatic heterocycles. The van der Waals surface area contributed by atoms with Crippen LogP contribution in [-0.2, 0) is 0 Å². The highest BCUT2D eigenvalue weighted by molar-refractivity contribution is 6.43. The van der Waals surface area contributed by atoms with E-state index in [0.717, 1.165) is 11.1 Å². The number of pyridine rings is 1. The van der Waals surface area contributed by atoms with Gasteiger partial charge in [-0.1, -0.05) is 34.8 Å². The first-order valence-corrected chi connectivity index (χ1v) is 6.87. The number of imidazole rings is 1. The van der Waals surface area contributed by atoms with Gasteiger partial charge in [0, 0.05) is 6.20 Å². The summed E-state index contributed by atoms with van der Waals surface area (Å²) in [7, 11) is 0. The summed E-state index contributed by atoms with van der Waals surface area (Å²) < 4.78 is 1.66. The fraction of sp³-hybridized carbons (Fsp3) is 0.0769. The maximum atomic E-state index is 6.23. The van der Waals surface area contributed by atoms with Crippen LogP contribution in [0.4, 0.5) is 5.95 Å². The molecule has 0 radical (unpaired) electrons. The zero-order valence-electron chi connectivity index (χ0n) is 10.4. The van der Waals surface area contributed by atoms with Gasteiger partial charge in [-0.15, -0.1) is 0 Å². The van der Waals surface area contributed by atoms with Crippen molar-refractivity contribution in [1.29, 1.82) is 0 Å². The van der Waals surface area contributed by atoms with Gasteiger partial charge in [-0.3, -0.25) is 4.57 Å². The Hall–Kier alpha value is -1.49. The van der Waals surface area contributed by atoms with Crippen molar-refractivity contribution in [3.05, 3.63) is 45.0 Å². The number of aromatic nitrogens is 3. The highest BCUT2D eigenvalue weighted by atomic mass is 35.5. The van der Waals surface area contributed by atoms with Gasteiger partial charge >= 0.3 is 0 Å². The summed E-state index contributed by atoms with van der Waals surface area (Å²) in [4.78, 5) is 8.64. The van der Waals surface area contributed by atoms with Gasteiger partial charge in [0.25, 0.3) is 0 Å². The van der Waals surface area contributed by atoms with E-state index in [2.05, 4.69) is 9.97 Å². The Morgan fingerprint density at radius 1 is 1.10 bits per heavy atom. The minimum absolute atomic E-state index is 0.294. The Morgan fingerprint density at radius 2 is 1.80 bits per heavy atom. The number of hydrogen-bond donors (Lipinski definition) is 1. The monoisotopic (exact) mass is 326 g/mol. The van der Waals surface area contributed by atoms with E-state index in [9.17, 15) is 0 Å². The van der Waals surface area contributed by atoms with E-state index < -0.39 is 0 Å². The van der Waals surface area contributed by atoms with Crippen LogP contribution in [0.3, 0.4) is 0 Å². The second-order valence-corrected chi connectivity index (χ2v) is 5.54. The predicted octanol–water partition coefficient (Wildman–Crippen LogP) is 4.27. The van der Waals surface area contributed by atoms with Gasteiger partial charge in [0.2, 0.25) is 5.95 Å². The van der Waals surface area contributed by atoms with E-state index in [1.54, 1.807) is 22.9 Å². The van der Waals surface area contributed by atoms with Crippen LogP contribution in [0.25, 0.3) is 16.9 Å². The van der Waals surface area contributed by atoms with Crippen LogP contribution in [0.15, 0.2) is 24.4 Å². The van der Waals surface area contributed by atoms with E-state index in [1.807, 2.05) is 13.0 Å². The van der Waals surface area contributed by atoms with Crippen molar-refractivity contribution in [2.24, 2.45) is 0 Å². The number of rotatable bonds is 1. The van der Waals surface area contributed by atoms with Crippen molar-refractivity contribution in [2.75, 3.05) is 5.73 Å². The quantitative estimate of drug-likeness (QED) is 0.679. The van der Waals surface area contributed by atoms with E-state index in [-0.39, 0.29) is 0 Å². The van der Waals surface area contributed by atoms with Crippen molar-refractivity contribution >= 4 is 51.9 Å². The van der Waals surface area contributed by atoms with Crippen molar-refractivity contribution in [2.45, 2.75) is 6.92 Å². The minimum Gasteiger partial charge on any atom is -0.369 e. The molecular weight excluding hydrogens is 319 g/mol. The van der Waals surface area contributed by atoms with Crippen LogP contribution in [0.1, 0.15) is 5.56 Å². The molecule has 7 heteroatoms. The molecular formula is C13H9Cl3N4. The lowest BCUT2D eigenvalue weighted by Crippen LogP contribution is -2.02. The number of hydrogen-bond acceptors (Lipinski definition) is 3. The normalized spacial score (nSPS) is 11.2. The first-order chi connectivity index (χ1) is 9.49. The summed E-state index contributed by atoms with van der Waals surface area (Å²) in [6, 6.07) is 5.09. The van der Waals surface area contributed by atoms with Gasteiger partial charge in [-0.05, 0) is 30.7 Å². The van der Waals surface area contributed by atoms with E-state index in [4.69, 9.17) is 40.5 Å². The number of anilines is 1. The number of fused-ring (bicyclic) bond motifs is 1. The average molecular weight is 328 g/mol. The molecule has 0 aliphatic carbocycles. The van der Waals surface area contributed by atoms with Gasteiger partial charge < -0.3 is 5.73 Å². The zero-order valence-corrected chi connectivity index (χ0v) is 12.6. The van der Waals surface area contributed by atoms with Crippen molar-refractivity contribution in [3.8, 4) is 5.69 Å². The van der Waals surface area contributed by atoms with Crippen LogP contribution in [-0.4, -0.2) is 14.5 Å². The second-order valence-electron chi connectivity index (χ2n) is 4.32. The van der Waals surface area contributed by atoms with Crippen LogP contribution in [0.5, 0.6) is 0 Å². The molecule has 3 rings (SSSR count). The Bertz CT molecular complexity index is 826. The number of nitrogens with zero attached hydrogens (tertiary/aromatic N) is 3. The standard InChI is InChI=1S/C13H9Cl3N4/c1-6-2-3-18-12-11(6)19-13(17)20(12)10-5-8(15)7(14)4-9(10)16/h2-5H,1H3,(H2,17,19). The summed E-state index contributed by atoms with van der Waals surface area (Å²) in [5.41, 5.74) is 8.92. The molecule has 2 N–H and O–H groups in total. The molecule has 0 atom stereocenters. The molecule has 0 bridgehead atoms. The smallest absolute Gasteiger partial charge is 0.207 e. The maximum absolute atomic E-state index is 6.23. The Morgan fingerprint density at radius 3 is 2.55 bits per heavy atom. The maximum Gasteiger partial charge on any atom is 0.207 e. The van der Waals surface area contributed by atoms with Crippen molar-refractivity contribution in [3.63, 3.8) is 0 Å². The van der Waals surface area contributed by atoms with E-state index in [0.29, 0.717) is 32.4 Å². The largest absolute Gasteiger partial charge is 0.369 e. The molecule has 0 unspecified atom stereocenters. The topological polar surface area (TPSA) is 56.7 Å². The molecule has 20 heavy (non-hydrogen) atoms. The summed E-state index contributed by atoms with van der Waals surface area (Å²) in [5, 5.41) is 1.20. The van der Waals surface area contributed by atoms with Crippen molar-refractivity contribution < 1.29 is 0 Å². The lowest BCUT2D eigenvalue weighted by atomic mass is 10.2. The lowest BCUT2D eigenvalue weighted by Gasteiger charge is -2.09. The van der Waals surface area contributed by atoms with Gasteiger partial charge in [0.15, 0.2) is 5.65 Å². The number of benzene rings is 1. The van der Waals surface area contributed by atoms with Crippen molar-refractivity contribution in [1.82, 2.24) is 14.5 Å². The van der Waals surface area contributed by atoms with Crippen LogP contribution >= 0.6 is 34.8 Å². The average Bonchev–Trinajstić information content (AvgIpc) is 2.72. The molecule has 3 aromatic rings. The molecule has 1 aromatic carbocycles. The number of nitrogen functional groups attached to an aromatic ring is 1. The van der Waals surface area contributed by atoms with Crippen LogP contribution in [0, 0.1) is 6.92 Å². The SMILES string of the molecule is Cc1ccnc2c1nc(N)n2-c1cc(Cl)c(Cl)cc1Cl. The zero-order chi connectivity index (χ0) is 14.4. The molecule has 0 amide bonds. The summed E-state index contributed by atoms with van der Waals surface area (Å²) in [5.74, 6) is 0.294. The van der Waals surface area contributed by atoms with Gasteiger partial charge in [0.05, 0.1) is 20.8 Å². The highest BCUT2D eigenvalue weighted by Crippen LogP contribution is 2.34. The summed E-state index contributed by atoms with van der Waals surface area (Å²) in [6.45, 7) is 1.94. The van der Waals surface area contributed by atoms with E-state index >= 15 is 0 Å². The molecule has 0 spiro atoms. The van der Waals surface area contributed by atoms with Gasteiger partial charge in [-0.2, -0.15) is 0 Å². The van der Waals surface area contributed by atoms with Crippen LogP contribution < -0.4 is 5.73 Å². The van der Waals surface area contributed by atoms with Gasteiger partial charge in [-0.25, -0.2) is 9.97 Å². The Labute approximate surface area is 130 Å². The number of aryl methyl sites for hydroxylation is 1. The third-order valence-corrected chi connectivity index (χ3v) is 4.03. The minimum atomic E-state index is 0.294. The first-order valence-electron chi connectivity index (χ1n) is 5.73. The molecule has 0 saturated carbocycles. The molecule has 2 heterocycles. The lowest BCUT2D eigenvalue weighted by molar-refractivity contribution is 1.08. The molecule has 102 valence electrons. The molecule has 0 aliphatic rings. The highest BCUT2D eigenvalue weighted by Gasteiger charge is 2.16. The second kappa shape index (κ2) is 4.81. The molecule has 0 saturated heterocycles. The third kappa shape index (κ3) is 2.00. The fourth-order valence-corrected chi connectivity index (χ4v) is 2.66. The van der Waals surface area contributed by atoms with Crippen LogP contribution in [0.2, 0.25) is 15.1 Å². The summed E-state index contributed by atoms with van der Waals surface area (Å²) in [6.07, 6.45) is 1.70.